The van der Waals surface area contributed by atoms with E-state index < -0.39 is 0 Å². The summed E-state index contributed by atoms with van der Waals surface area (Å²) in [6, 6.07) is 1.84. The van der Waals surface area contributed by atoms with Crippen LogP contribution in [0.3, 0.4) is 0 Å². The van der Waals surface area contributed by atoms with Gasteiger partial charge in [0.2, 0.25) is 0 Å². The molecule has 0 aromatic rings. The second-order valence-corrected chi connectivity index (χ2v) is 2.28. The third-order valence-electron chi connectivity index (χ3n) is 1.20. The van der Waals surface area contributed by atoms with Crippen molar-refractivity contribution in [2.24, 2.45) is 11.7 Å². The van der Waals surface area contributed by atoms with E-state index in [2.05, 4.69) is 0 Å². The molecule has 0 aromatic heterocycles. The highest BCUT2D eigenvalue weighted by Gasteiger charge is 2.02. The standard InChI is InChI=1S/C7H11N3/c1-5(2)7(10)6(3-8)4-9/h3,5,8H,10H2,1-2H3/b7-6+,8-3?. The largest absolute Gasteiger partial charge is 0.401 e. The monoisotopic (exact) mass is 137 g/mol. The SMILES string of the molecule is CC(C)/C(N)=C(\C#N)C=N. The van der Waals surface area contributed by atoms with Crippen LogP contribution in [0.2, 0.25) is 0 Å². The van der Waals surface area contributed by atoms with Crippen LogP contribution in [-0.2, 0) is 0 Å². The van der Waals surface area contributed by atoms with Crippen molar-refractivity contribution in [3.05, 3.63) is 11.3 Å². The number of rotatable bonds is 2. The van der Waals surface area contributed by atoms with E-state index in [1.165, 1.54) is 0 Å². The van der Waals surface area contributed by atoms with Gasteiger partial charge in [0.25, 0.3) is 0 Å². The van der Waals surface area contributed by atoms with Crippen molar-refractivity contribution in [2.45, 2.75) is 13.8 Å². The first-order valence-corrected chi connectivity index (χ1v) is 3.03. The third-order valence-corrected chi connectivity index (χ3v) is 1.20. The van der Waals surface area contributed by atoms with Crippen molar-refractivity contribution >= 4 is 6.21 Å². The molecule has 0 rings (SSSR count). The highest BCUT2D eigenvalue weighted by atomic mass is 14.6. The molecule has 0 amide bonds. The zero-order valence-electron chi connectivity index (χ0n) is 6.18. The molecule has 0 aromatic carbocycles. The lowest BCUT2D eigenvalue weighted by Gasteiger charge is -2.04. The van der Waals surface area contributed by atoms with Gasteiger partial charge in [-0.3, -0.25) is 0 Å². The van der Waals surface area contributed by atoms with E-state index in [0.717, 1.165) is 6.21 Å². The molecule has 3 heteroatoms. The summed E-state index contributed by atoms with van der Waals surface area (Å²) in [6.45, 7) is 3.77. The van der Waals surface area contributed by atoms with E-state index >= 15 is 0 Å². The summed E-state index contributed by atoms with van der Waals surface area (Å²) in [5.74, 6) is 0.135. The Morgan fingerprint density at radius 1 is 1.70 bits per heavy atom. The Kier molecular flexibility index (Phi) is 3.20. The molecule has 10 heavy (non-hydrogen) atoms. The van der Waals surface area contributed by atoms with Crippen LogP contribution < -0.4 is 5.73 Å². The van der Waals surface area contributed by atoms with Gasteiger partial charge in [-0.1, -0.05) is 13.8 Å². The van der Waals surface area contributed by atoms with Gasteiger partial charge in [0.15, 0.2) is 0 Å². The second-order valence-electron chi connectivity index (χ2n) is 2.28. The molecule has 0 aliphatic heterocycles. The van der Waals surface area contributed by atoms with Crippen LogP contribution >= 0.6 is 0 Å². The zero-order chi connectivity index (χ0) is 8.15. The molecule has 0 spiro atoms. The normalized spacial score (nSPS) is 12.2. The topological polar surface area (TPSA) is 73.7 Å². The van der Waals surface area contributed by atoms with Crippen molar-refractivity contribution in [2.75, 3.05) is 0 Å². The molecule has 0 unspecified atom stereocenters. The van der Waals surface area contributed by atoms with Gasteiger partial charge in [0.05, 0.1) is 5.57 Å². The van der Waals surface area contributed by atoms with E-state index in [4.69, 9.17) is 16.4 Å². The molecule has 0 heterocycles. The number of nitrogens with two attached hydrogens (primary N) is 1. The maximum atomic E-state index is 8.41. The molecule has 0 aliphatic carbocycles. The molecular weight excluding hydrogens is 126 g/mol. The van der Waals surface area contributed by atoms with Gasteiger partial charge >= 0.3 is 0 Å². The summed E-state index contributed by atoms with van der Waals surface area (Å²) in [6.07, 6.45) is 0.981. The summed E-state index contributed by atoms with van der Waals surface area (Å²) >= 11 is 0. The Balaban J connectivity index is 4.64. The Hall–Kier alpha value is -1.30. The second kappa shape index (κ2) is 3.67. The number of nitriles is 1. The van der Waals surface area contributed by atoms with Crippen molar-refractivity contribution < 1.29 is 0 Å². The molecule has 0 saturated heterocycles. The summed E-state index contributed by atoms with van der Waals surface area (Å²) in [4.78, 5) is 0. The predicted molar refractivity (Wildman–Crippen MR) is 40.4 cm³/mol. The number of hydrogen-bond acceptors (Lipinski definition) is 3. The average molecular weight is 137 g/mol. The smallest absolute Gasteiger partial charge is 0.103 e. The molecular formula is C7H11N3. The van der Waals surface area contributed by atoms with Crippen LogP contribution in [0.5, 0.6) is 0 Å². The van der Waals surface area contributed by atoms with Gasteiger partial charge in [-0.05, 0) is 5.92 Å². The fourth-order valence-corrected chi connectivity index (χ4v) is 0.491. The minimum absolute atomic E-state index is 0.135. The first-order chi connectivity index (χ1) is 4.63. The fourth-order valence-electron chi connectivity index (χ4n) is 0.491. The molecule has 0 fully saturated rings. The quantitative estimate of drug-likeness (QED) is 0.440. The first kappa shape index (κ1) is 8.70. The third kappa shape index (κ3) is 1.90. The Morgan fingerprint density at radius 2 is 2.20 bits per heavy atom. The van der Waals surface area contributed by atoms with Gasteiger partial charge < -0.3 is 11.1 Å². The Bertz CT molecular complexity index is 195. The van der Waals surface area contributed by atoms with E-state index in [1.54, 1.807) is 0 Å². The van der Waals surface area contributed by atoms with Gasteiger partial charge in [0, 0.05) is 11.9 Å². The molecule has 0 radical (unpaired) electrons. The van der Waals surface area contributed by atoms with Crippen molar-refractivity contribution in [3.63, 3.8) is 0 Å². The molecule has 54 valence electrons. The molecule has 0 bridgehead atoms. The highest BCUT2D eigenvalue weighted by molar-refractivity contribution is 5.82. The van der Waals surface area contributed by atoms with Crippen LogP contribution in [0.25, 0.3) is 0 Å². The van der Waals surface area contributed by atoms with Crippen LogP contribution in [-0.4, -0.2) is 6.21 Å². The molecule has 0 saturated carbocycles. The van der Waals surface area contributed by atoms with Crippen molar-refractivity contribution in [1.29, 1.82) is 10.7 Å². The van der Waals surface area contributed by atoms with E-state index in [-0.39, 0.29) is 11.5 Å². The van der Waals surface area contributed by atoms with Crippen LogP contribution in [0.4, 0.5) is 0 Å². The average Bonchev–Trinajstić information content (AvgIpc) is 1.90. The van der Waals surface area contributed by atoms with Crippen molar-refractivity contribution in [1.82, 2.24) is 0 Å². The minimum atomic E-state index is 0.135. The van der Waals surface area contributed by atoms with Crippen LogP contribution in [0, 0.1) is 22.7 Å². The fraction of sp³-hybridized carbons (Fsp3) is 0.429. The summed E-state index contributed by atoms with van der Waals surface area (Å²) in [5, 5.41) is 15.2. The van der Waals surface area contributed by atoms with Crippen LogP contribution in [0.15, 0.2) is 11.3 Å². The minimum Gasteiger partial charge on any atom is -0.401 e. The van der Waals surface area contributed by atoms with E-state index in [9.17, 15) is 0 Å². The van der Waals surface area contributed by atoms with Gasteiger partial charge in [0.1, 0.15) is 6.07 Å². The van der Waals surface area contributed by atoms with Crippen LogP contribution in [0.1, 0.15) is 13.8 Å². The van der Waals surface area contributed by atoms with Gasteiger partial charge in [-0.15, -0.1) is 0 Å². The van der Waals surface area contributed by atoms with Gasteiger partial charge in [-0.2, -0.15) is 5.26 Å². The summed E-state index contributed by atoms with van der Waals surface area (Å²) in [7, 11) is 0. The Morgan fingerprint density at radius 3 is 2.30 bits per heavy atom. The summed E-state index contributed by atoms with van der Waals surface area (Å²) in [5.41, 5.74) is 6.23. The zero-order valence-corrected chi connectivity index (χ0v) is 6.18. The van der Waals surface area contributed by atoms with Crippen molar-refractivity contribution in [3.8, 4) is 6.07 Å². The Labute approximate surface area is 60.7 Å². The van der Waals surface area contributed by atoms with E-state index in [0.29, 0.717) is 5.70 Å². The number of nitrogens with zero attached hydrogens (tertiary/aromatic N) is 1. The molecule has 0 atom stereocenters. The van der Waals surface area contributed by atoms with E-state index in [1.807, 2.05) is 19.9 Å². The lowest BCUT2D eigenvalue weighted by atomic mass is 10.1. The lowest BCUT2D eigenvalue weighted by Crippen LogP contribution is -2.08. The molecule has 0 aliphatic rings. The molecule has 3 nitrogen and oxygen atoms in total. The predicted octanol–water partition coefficient (Wildman–Crippen LogP) is 1.03. The maximum Gasteiger partial charge on any atom is 0.103 e. The number of nitrogens with one attached hydrogen (secondary N) is 1. The van der Waals surface area contributed by atoms with Gasteiger partial charge in [-0.25, -0.2) is 0 Å². The molecule has 3 N–H and O–H groups in total. The first-order valence-electron chi connectivity index (χ1n) is 3.03. The lowest BCUT2D eigenvalue weighted by molar-refractivity contribution is 0.754. The maximum absolute atomic E-state index is 8.41. The highest BCUT2D eigenvalue weighted by Crippen LogP contribution is 2.05. The number of allylic oxidation sites excluding steroid dienone is 2. The summed E-state index contributed by atoms with van der Waals surface area (Å²) < 4.78 is 0. The number of hydrogen-bond donors (Lipinski definition) is 2.